The van der Waals surface area contributed by atoms with Crippen LogP contribution in [0.25, 0.3) is 0 Å². The van der Waals surface area contributed by atoms with E-state index < -0.39 is 0 Å². The number of nitrogens with one attached hydrogen (secondary N) is 1. The van der Waals surface area contributed by atoms with Crippen molar-refractivity contribution in [1.82, 2.24) is 15.2 Å². The number of aromatic nitrogens is 2. The third kappa shape index (κ3) is 2.09. The van der Waals surface area contributed by atoms with E-state index in [1.807, 2.05) is 35.5 Å². The van der Waals surface area contributed by atoms with E-state index in [1.165, 1.54) is 36.1 Å². The van der Waals surface area contributed by atoms with Crippen LogP contribution in [0.4, 0.5) is 0 Å². The number of fused-ring (bicyclic) bond motifs is 1. The molecule has 0 aliphatic heterocycles. The van der Waals surface area contributed by atoms with Crippen LogP contribution in [0.1, 0.15) is 39.8 Å². The van der Waals surface area contributed by atoms with Crippen molar-refractivity contribution in [3.05, 3.63) is 39.3 Å². The van der Waals surface area contributed by atoms with Gasteiger partial charge in [-0.25, -0.2) is 5.43 Å². The lowest BCUT2D eigenvalue weighted by atomic mass is 9.98. The van der Waals surface area contributed by atoms with Crippen LogP contribution in [0.2, 0.25) is 0 Å². The van der Waals surface area contributed by atoms with E-state index in [1.54, 1.807) is 4.88 Å². The molecule has 0 saturated carbocycles. The largest absolute Gasteiger partial charge is 0.275 e. The van der Waals surface area contributed by atoms with E-state index in [0.717, 1.165) is 5.56 Å². The van der Waals surface area contributed by atoms with E-state index in [2.05, 4.69) is 16.6 Å². The van der Waals surface area contributed by atoms with Gasteiger partial charge in [0.25, 0.3) is 0 Å². The molecule has 5 heteroatoms. The highest BCUT2D eigenvalue weighted by molar-refractivity contribution is 7.12. The molecule has 3 rings (SSSR count). The summed E-state index contributed by atoms with van der Waals surface area (Å²) in [5.74, 6) is 5.72. The smallest absolute Gasteiger partial charge is 0.0833 e. The summed E-state index contributed by atoms with van der Waals surface area (Å²) in [7, 11) is 1.93. The molecule has 0 aromatic carbocycles. The molecule has 2 aromatic rings. The average molecular weight is 262 g/mol. The number of nitrogens with two attached hydrogens (primary N) is 1. The van der Waals surface area contributed by atoms with Crippen molar-refractivity contribution >= 4 is 11.3 Å². The number of thiophene rings is 1. The van der Waals surface area contributed by atoms with Gasteiger partial charge in [-0.3, -0.25) is 10.5 Å². The Bertz CT molecular complexity index is 519. The minimum atomic E-state index is 0.0642. The van der Waals surface area contributed by atoms with Crippen molar-refractivity contribution in [1.29, 1.82) is 0 Å². The Balaban J connectivity index is 1.94. The lowest BCUT2D eigenvalue weighted by Gasteiger charge is -2.11. The van der Waals surface area contributed by atoms with E-state index in [0.29, 0.717) is 0 Å². The van der Waals surface area contributed by atoms with E-state index in [9.17, 15) is 0 Å². The van der Waals surface area contributed by atoms with Gasteiger partial charge in [-0.1, -0.05) is 0 Å². The molecule has 3 N–H and O–H groups in total. The first-order valence-electron chi connectivity index (χ1n) is 6.34. The third-order valence-electron chi connectivity index (χ3n) is 3.53. The lowest BCUT2D eigenvalue weighted by molar-refractivity contribution is 0.644. The van der Waals surface area contributed by atoms with Crippen molar-refractivity contribution in [2.45, 2.75) is 31.7 Å². The molecule has 0 radical (unpaired) electrons. The van der Waals surface area contributed by atoms with Gasteiger partial charge in [0.1, 0.15) is 0 Å². The summed E-state index contributed by atoms with van der Waals surface area (Å²) >= 11 is 1.89. The molecule has 1 unspecified atom stereocenters. The van der Waals surface area contributed by atoms with Crippen LogP contribution in [0.15, 0.2) is 18.5 Å². The molecule has 0 bridgehead atoms. The maximum absolute atomic E-state index is 5.72. The summed E-state index contributed by atoms with van der Waals surface area (Å²) in [4.78, 5) is 2.85. The van der Waals surface area contributed by atoms with Gasteiger partial charge in [-0.05, 0) is 37.3 Å². The summed E-state index contributed by atoms with van der Waals surface area (Å²) in [6.07, 6.45) is 8.98. The van der Waals surface area contributed by atoms with Gasteiger partial charge in [0, 0.05) is 28.6 Å². The second-order valence-corrected chi connectivity index (χ2v) is 6.02. The molecule has 0 saturated heterocycles. The summed E-state index contributed by atoms with van der Waals surface area (Å²) in [5, 5.41) is 4.22. The van der Waals surface area contributed by atoms with Crippen molar-refractivity contribution in [3.63, 3.8) is 0 Å². The Kier molecular flexibility index (Phi) is 3.20. The summed E-state index contributed by atoms with van der Waals surface area (Å²) in [6.45, 7) is 0. The fourth-order valence-corrected chi connectivity index (χ4v) is 3.93. The molecule has 1 aliphatic rings. The molecule has 2 aromatic heterocycles. The summed E-state index contributed by atoms with van der Waals surface area (Å²) in [5.41, 5.74) is 5.56. The number of rotatable bonds is 3. The Morgan fingerprint density at radius 1 is 1.44 bits per heavy atom. The molecule has 0 fully saturated rings. The molecular weight excluding hydrogens is 244 g/mol. The quantitative estimate of drug-likeness (QED) is 0.656. The highest BCUT2D eigenvalue weighted by atomic mass is 32.1. The number of hydrogen-bond acceptors (Lipinski definition) is 4. The van der Waals surface area contributed by atoms with Gasteiger partial charge in [-0.15, -0.1) is 11.3 Å². The van der Waals surface area contributed by atoms with Gasteiger partial charge in [0.15, 0.2) is 0 Å². The van der Waals surface area contributed by atoms with Crippen LogP contribution in [0, 0.1) is 0 Å². The standard InChI is InChI=1S/C13H18N4S/c1-17-8-10(7-15-17)13(16-14)12-6-9-4-2-3-5-11(9)18-12/h6-8,13,16H,2-5,14H2,1H3. The predicted octanol–water partition coefficient (Wildman–Crippen LogP) is 1.91. The predicted molar refractivity (Wildman–Crippen MR) is 73.3 cm³/mol. The van der Waals surface area contributed by atoms with Gasteiger partial charge in [0.2, 0.25) is 0 Å². The maximum atomic E-state index is 5.72. The Hall–Kier alpha value is -1.17. The molecular formula is C13H18N4S. The van der Waals surface area contributed by atoms with Crippen LogP contribution in [0.5, 0.6) is 0 Å². The Morgan fingerprint density at radius 3 is 2.94 bits per heavy atom. The molecule has 96 valence electrons. The molecule has 0 amide bonds. The normalized spacial score (nSPS) is 16.6. The molecule has 4 nitrogen and oxygen atoms in total. The maximum Gasteiger partial charge on any atom is 0.0833 e. The Labute approximate surface area is 111 Å². The highest BCUT2D eigenvalue weighted by Crippen LogP contribution is 2.34. The molecule has 0 spiro atoms. The SMILES string of the molecule is Cn1cc(C(NN)c2cc3c(s2)CCCC3)cn1. The second-order valence-electron chi connectivity index (χ2n) is 4.85. The Morgan fingerprint density at radius 2 is 2.28 bits per heavy atom. The van der Waals surface area contributed by atoms with Crippen LogP contribution in [0.3, 0.4) is 0 Å². The second kappa shape index (κ2) is 4.84. The minimum Gasteiger partial charge on any atom is -0.275 e. The van der Waals surface area contributed by atoms with Gasteiger partial charge in [-0.2, -0.15) is 5.10 Å². The fraction of sp³-hybridized carbons (Fsp3) is 0.462. The average Bonchev–Trinajstić information content (AvgIpc) is 2.96. The highest BCUT2D eigenvalue weighted by Gasteiger charge is 2.20. The zero-order valence-electron chi connectivity index (χ0n) is 10.5. The van der Waals surface area contributed by atoms with E-state index >= 15 is 0 Å². The van der Waals surface area contributed by atoms with Gasteiger partial charge in [0.05, 0.1) is 12.2 Å². The monoisotopic (exact) mass is 262 g/mol. The first-order valence-corrected chi connectivity index (χ1v) is 7.15. The number of nitrogens with zero attached hydrogens (tertiary/aromatic N) is 2. The van der Waals surface area contributed by atoms with Crippen molar-refractivity contribution in [2.75, 3.05) is 0 Å². The molecule has 2 heterocycles. The summed E-state index contributed by atoms with van der Waals surface area (Å²) in [6, 6.07) is 2.38. The molecule has 1 aliphatic carbocycles. The zero-order valence-corrected chi connectivity index (χ0v) is 11.3. The number of hydrazine groups is 1. The van der Waals surface area contributed by atoms with Crippen molar-refractivity contribution in [3.8, 4) is 0 Å². The molecule has 1 atom stereocenters. The fourth-order valence-electron chi connectivity index (χ4n) is 2.59. The van der Waals surface area contributed by atoms with Crippen LogP contribution in [-0.4, -0.2) is 9.78 Å². The van der Waals surface area contributed by atoms with Crippen molar-refractivity contribution in [2.24, 2.45) is 12.9 Å². The van der Waals surface area contributed by atoms with Gasteiger partial charge < -0.3 is 0 Å². The van der Waals surface area contributed by atoms with E-state index in [-0.39, 0.29) is 6.04 Å². The number of hydrogen-bond donors (Lipinski definition) is 2. The minimum absolute atomic E-state index is 0.0642. The first kappa shape index (κ1) is 11.9. The lowest BCUT2D eigenvalue weighted by Crippen LogP contribution is -2.27. The third-order valence-corrected chi connectivity index (χ3v) is 4.83. The molecule has 18 heavy (non-hydrogen) atoms. The van der Waals surface area contributed by atoms with Crippen LogP contribution in [-0.2, 0) is 19.9 Å². The van der Waals surface area contributed by atoms with Crippen molar-refractivity contribution < 1.29 is 0 Å². The van der Waals surface area contributed by atoms with Gasteiger partial charge >= 0.3 is 0 Å². The van der Waals surface area contributed by atoms with Crippen LogP contribution >= 0.6 is 11.3 Å². The first-order chi connectivity index (χ1) is 8.78. The van der Waals surface area contributed by atoms with Crippen LogP contribution < -0.4 is 11.3 Å². The zero-order chi connectivity index (χ0) is 12.5. The summed E-state index contributed by atoms with van der Waals surface area (Å²) < 4.78 is 1.81. The number of aryl methyl sites for hydroxylation is 3. The van der Waals surface area contributed by atoms with E-state index in [4.69, 9.17) is 5.84 Å². The topological polar surface area (TPSA) is 55.9 Å².